The first kappa shape index (κ1) is 15.6. The summed E-state index contributed by atoms with van der Waals surface area (Å²) in [5.74, 6) is 0.0496. The summed E-state index contributed by atoms with van der Waals surface area (Å²) in [5, 5.41) is 48.7. The minimum absolute atomic E-state index is 0.0496. The quantitative estimate of drug-likeness (QED) is 0.400. The van der Waals surface area contributed by atoms with Crippen LogP contribution in [0.5, 0.6) is 5.75 Å². The first-order valence-electron chi connectivity index (χ1n) is 6.15. The van der Waals surface area contributed by atoms with E-state index in [1.165, 1.54) is 18.2 Å². The van der Waals surface area contributed by atoms with E-state index in [-0.39, 0.29) is 11.4 Å². The number of hydrogen-bond acceptors (Lipinski definition) is 8. The number of aliphatic hydroxyl groups is 4. The average molecular weight is 301 g/mol. The molecule has 116 valence electrons. The summed E-state index contributed by atoms with van der Waals surface area (Å²) in [6.45, 7) is -0.584. The van der Waals surface area contributed by atoms with Crippen molar-refractivity contribution in [2.24, 2.45) is 0 Å². The Morgan fingerprint density at radius 2 is 1.95 bits per heavy atom. The lowest BCUT2D eigenvalue weighted by Crippen LogP contribution is -2.60. The molecular weight excluding hydrogens is 286 g/mol. The zero-order valence-corrected chi connectivity index (χ0v) is 10.8. The van der Waals surface area contributed by atoms with Crippen molar-refractivity contribution in [1.29, 1.82) is 0 Å². The molecule has 0 saturated carbocycles. The maximum atomic E-state index is 10.7. The lowest BCUT2D eigenvalue weighted by Gasteiger charge is -2.39. The molecule has 1 aromatic rings. The van der Waals surface area contributed by atoms with Crippen molar-refractivity contribution >= 4 is 5.69 Å². The number of nitrogens with zero attached hydrogens (tertiary/aromatic N) is 1. The van der Waals surface area contributed by atoms with E-state index in [1.807, 2.05) is 0 Å². The molecule has 2 rings (SSSR count). The molecule has 1 fully saturated rings. The van der Waals surface area contributed by atoms with Gasteiger partial charge in [0.05, 0.1) is 17.6 Å². The number of nitro benzene ring substituents is 1. The van der Waals surface area contributed by atoms with Crippen LogP contribution in [-0.4, -0.2) is 62.7 Å². The van der Waals surface area contributed by atoms with Gasteiger partial charge in [0, 0.05) is 6.07 Å². The van der Waals surface area contributed by atoms with Crippen molar-refractivity contribution in [1.82, 2.24) is 0 Å². The van der Waals surface area contributed by atoms with Gasteiger partial charge in [-0.25, -0.2) is 0 Å². The standard InChI is InChI=1S/C12H15NO8/c14-5-8-9(15)10(16)11(17)12(21-8)20-7-3-1-2-6(4-7)13(18)19/h1-4,8-12,14-17H,5H2/t8-,9-,10+,11-,12-/m1/s1. The SMILES string of the molecule is O=[N+]([O-])c1cccc(O[C@@H]2O[C@H](CO)[C@@H](O)[C@H](O)[C@H]2O)c1. The minimum Gasteiger partial charge on any atom is -0.462 e. The van der Waals surface area contributed by atoms with Crippen LogP contribution in [0.15, 0.2) is 24.3 Å². The van der Waals surface area contributed by atoms with Crippen molar-refractivity contribution in [2.75, 3.05) is 6.61 Å². The van der Waals surface area contributed by atoms with E-state index >= 15 is 0 Å². The molecule has 1 heterocycles. The third-order valence-electron chi connectivity index (χ3n) is 3.13. The molecule has 4 N–H and O–H groups in total. The van der Waals surface area contributed by atoms with Gasteiger partial charge in [-0.15, -0.1) is 0 Å². The minimum atomic E-state index is -1.57. The van der Waals surface area contributed by atoms with Crippen LogP contribution in [0.25, 0.3) is 0 Å². The highest BCUT2D eigenvalue weighted by Gasteiger charge is 2.44. The molecule has 9 nitrogen and oxygen atoms in total. The molecule has 0 aromatic heterocycles. The van der Waals surface area contributed by atoms with E-state index in [2.05, 4.69) is 0 Å². The largest absolute Gasteiger partial charge is 0.462 e. The highest BCUT2D eigenvalue weighted by Crippen LogP contribution is 2.26. The fourth-order valence-electron chi connectivity index (χ4n) is 1.97. The van der Waals surface area contributed by atoms with Crippen LogP contribution in [0.4, 0.5) is 5.69 Å². The summed E-state index contributed by atoms with van der Waals surface area (Å²) < 4.78 is 10.4. The topological polar surface area (TPSA) is 143 Å². The van der Waals surface area contributed by atoms with Crippen LogP contribution in [0, 0.1) is 10.1 Å². The molecule has 21 heavy (non-hydrogen) atoms. The van der Waals surface area contributed by atoms with Gasteiger partial charge in [0.1, 0.15) is 30.2 Å². The second-order valence-electron chi connectivity index (χ2n) is 4.57. The summed E-state index contributed by atoms with van der Waals surface area (Å²) in [6.07, 6.45) is -7.11. The molecule has 1 aliphatic heterocycles. The number of nitro groups is 1. The summed E-state index contributed by atoms with van der Waals surface area (Å²) in [4.78, 5) is 10.1. The first-order valence-corrected chi connectivity index (χ1v) is 6.15. The Balaban J connectivity index is 2.14. The van der Waals surface area contributed by atoms with Gasteiger partial charge in [-0.3, -0.25) is 10.1 Å². The third-order valence-corrected chi connectivity index (χ3v) is 3.13. The van der Waals surface area contributed by atoms with E-state index in [0.717, 1.165) is 6.07 Å². The Hall–Kier alpha value is -1.78. The Labute approximate surface area is 119 Å². The molecule has 0 radical (unpaired) electrons. The van der Waals surface area contributed by atoms with Gasteiger partial charge >= 0.3 is 0 Å². The zero-order valence-electron chi connectivity index (χ0n) is 10.8. The fraction of sp³-hybridized carbons (Fsp3) is 0.500. The molecular formula is C12H15NO8. The lowest BCUT2D eigenvalue weighted by atomic mass is 9.99. The normalized spacial score (nSPS) is 32.7. The van der Waals surface area contributed by atoms with Crippen LogP contribution in [0.2, 0.25) is 0 Å². The van der Waals surface area contributed by atoms with Crippen LogP contribution in [0.1, 0.15) is 0 Å². The highest BCUT2D eigenvalue weighted by molar-refractivity contribution is 5.38. The summed E-state index contributed by atoms with van der Waals surface area (Å²) in [6, 6.07) is 5.19. The lowest BCUT2D eigenvalue weighted by molar-refractivity contribution is -0.385. The van der Waals surface area contributed by atoms with Crippen molar-refractivity contribution in [3.8, 4) is 5.75 Å². The Morgan fingerprint density at radius 3 is 2.57 bits per heavy atom. The highest BCUT2D eigenvalue weighted by atomic mass is 16.7. The van der Waals surface area contributed by atoms with E-state index in [9.17, 15) is 25.4 Å². The van der Waals surface area contributed by atoms with E-state index in [4.69, 9.17) is 14.6 Å². The summed E-state index contributed by atoms with van der Waals surface area (Å²) >= 11 is 0. The Morgan fingerprint density at radius 1 is 1.24 bits per heavy atom. The maximum absolute atomic E-state index is 10.7. The van der Waals surface area contributed by atoms with Crippen LogP contribution < -0.4 is 4.74 Å². The Kier molecular flexibility index (Phi) is 4.70. The van der Waals surface area contributed by atoms with Crippen LogP contribution >= 0.6 is 0 Å². The molecule has 0 unspecified atom stereocenters. The maximum Gasteiger partial charge on any atom is 0.273 e. The number of aliphatic hydroxyl groups excluding tert-OH is 4. The Bertz CT molecular complexity index is 508. The smallest absolute Gasteiger partial charge is 0.273 e. The fourth-order valence-corrected chi connectivity index (χ4v) is 1.97. The van der Waals surface area contributed by atoms with E-state index < -0.39 is 42.2 Å². The van der Waals surface area contributed by atoms with E-state index in [0.29, 0.717) is 0 Å². The number of benzene rings is 1. The van der Waals surface area contributed by atoms with Gasteiger partial charge in [-0.05, 0) is 6.07 Å². The molecule has 9 heteroatoms. The molecule has 1 saturated heterocycles. The van der Waals surface area contributed by atoms with Crippen molar-refractivity contribution in [2.45, 2.75) is 30.7 Å². The van der Waals surface area contributed by atoms with Crippen molar-refractivity contribution in [3.05, 3.63) is 34.4 Å². The molecule has 0 spiro atoms. The first-order chi connectivity index (χ1) is 9.93. The predicted octanol–water partition coefficient (Wildman–Crippen LogP) is -1.23. The van der Waals surface area contributed by atoms with Gasteiger partial charge in [-0.1, -0.05) is 6.07 Å². The average Bonchev–Trinajstić information content (AvgIpc) is 2.48. The van der Waals surface area contributed by atoms with Crippen molar-refractivity contribution < 1.29 is 34.8 Å². The van der Waals surface area contributed by atoms with Crippen LogP contribution in [-0.2, 0) is 4.74 Å². The number of hydrogen-bond donors (Lipinski definition) is 4. The number of non-ortho nitro benzene ring substituents is 1. The van der Waals surface area contributed by atoms with Crippen molar-refractivity contribution in [3.63, 3.8) is 0 Å². The van der Waals surface area contributed by atoms with E-state index in [1.54, 1.807) is 0 Å². The molecule has 0 aliphatic carbocycles. The van der Waals surface area contributed by atoms with Gasteiger partial charge in [0.25, 0.3) is 5.69 Å². The van der Waals surface area contributed by atoms with Gasteiger partial charge in [0.2, 0.25) is 6.29 Å². The number of rotatable bonds is 4. The molecule has 0 bridgehead atoms. The van der Waals surface area contributed by atoms with Gasteiger partial charge in [0.15, 0.2) is 0 Å². The zero-order chi connectivity index (χ0) is 15.6. The van der Waals surface area contributed by atoms with Gasteiger partial charge < -0.3 is 29.9 Å². The number of ether oxygens (including phenoxy) is 2. The molecule has 1 aliphatic rings. The second kappa shape index (κ2) is 6.33. The third kappa shape index (κ3) is 3.28. The second-order valence-corrected chi connectivity index (χ2v) is 4.57. The summed E-state index contributed by atoms with van der Waals surface area (Å²) in [5.41, 5.74) is -0.211. The molecule has 5 atom stereocenters. The summed E-state index contributed by atoms with van der Waals surface area (Å²) in [7, 11) is 0. The predicted molar refractivity (Wildman–Crippen MR) is 67.5 cm³/mol. The van der Waals surface area contributed by atoms with Gasteiger partial charge in [-0.2, -0.15) is 0 Å². The molecule has 1 aromatic carbocycles. The van der Waals surface area contributed by atoms with Crippen LogP contribution in [0.3, 0.4) is 0 Å². The molecule has 0 amide bonds. The monoisotopic (exact) mass is 301 g/mol.